The number of amides is 1. The number of carboxylic acids is 1. The number of carboxylic acid groups (broad SMARTS) is 1. The van der Waals surface area contributed by atoms with Gasteiger partial charge in [0, 0.05) is 6.04 Å². The summed E-state index contributed by atoms with van der Waals surface area (Å²) in [6.07, 6.45) is 3.59. The molecular weight excluding hydrogens is 289 g/mol. The second-order valence-corrected chi connectivity index (χ2v) is 5.49. The van der Waals surface area contributed by atoms with E-state index in [1.165, 1.54) is 0 Å². The van der Waals surface area contributed by atoms with Crippen molar-refractivity contribution in [2.45, 2.75) is 64.0 Å². The molecule has 0 radical (unpaired) electrons. The summed E-state index contributed by atoms with van der Waals surface area (Å²) >= 11 is 0. The molecule has 1 aliphatic rings. The normalized spacial score (nSPS) is 22.0. The molecule has 7 N–H and O–H groups in total. The van der Waals surface area contributed by atoms with E-state index in [9.17, 15) is 9.59 Å². The SMILES string of the molecule is CCCCB(O)O.C[C@H](N)C(=O)N[C@H]1CCN[C@@H](C(=O)O)C1. The number of hydrogen-bond donors (Lipinski definition) is 6. The Bertz CT molecular complexity index is 342. The van der Waals surface area contributed by atoms with Gasteiger partial charge in [0.15, 0.2) is 0 Å². The van der Waals surface area contributed by atoms with Gasteiger partial charge in [-0.25, -0.2) is 0 Å². The molecule has 1 rings (SSSR count). The highest BCUT2D eigenvalue weighted by Crippen LogP contribution is 2.08. The van der Waals surface area contributed by atoms with Gasteiger partial charge in [0.2, 0.25) is 5.91 Å². The smallest absolute Gasteiger partial charge is 0.451 e. The van der Waals surface area contributed by atoms with Crippen LogP contribution in [-0.4, -0.2) is 58.8 Å². The molecule has 1 aliphatic heterocycles. The van der Waals surface area contributed by atoms with Crippen molar-refractivity contribution in [3.63, 3.8) is 0 Å². The molecule has 9 heteroatoms. The van der Waals surface area contributed by atoms with Crippen LogP contribution in [0.5, 0.6) is 0 Å². The zero-order valence-corrected chi connectivity index (χ0v) is 13.3. The topological polar surface area (TPSA) is 145 Å². The highest BCUT2D eigenvalue weighted by molar-refractivity contribution is 6.40. The van der Waals surface area contributed by atoms with Crippen molar-refractivity contribution in [2.24, 2.45) is 5.73 Å². The maximum atomic E-state index is 11.3. The van der Waals surface area contributed by atoms with Crippen molar-refractivity contribution in [3.05, 3.63) is 0 Å². The quantitative estimate of drug-likeness (QED) is 0.342. The van der Waals surface area contributed by atoms with Crippen LogP contribution in [0.25, 0.3) is 0 Å². The van der Waals surface area contributed by atoms with Crippen LogP contribution < -0.4 is 16.4 Å². The molecule has 0 unspecified atom stereocenters. The third kappa shape index (κ3) is 9.72. The van der Waals surface area contributed by atoms with Gasteiger partial charge in [-0.15, -0.1) is 0 Å². The molecular formula is C13H28BN3O5. The number of rotatable bonds is 6. The summed E-state index contributed by atoms with van der Waals surface area (Å²) < 4.78 is 0. The molecule has 1 heterocycles. The highest BCUT2D eigenvalue weighted by Gasteiger charge is 2.27. The van der Waals surface area contributed by atoms with Gasteiger partial charge in [-0.1, -0.05) is 19.8 Å². The van der Waals surface area contributed by atoms with Gasteiger partial charge < -0.3 is 31.5 Å². The number of unbranched alkanes of at least 4 members (excludes halogenated alkanes) is 1. The predicted octanol–water partition coefficient (Wildman–Crippen LogP) is -1.09. The van der Waals surface area contributed by atoms with Gasteiger partial charge in [0.25, 0.3) is 0 Å². The van der Waals surface area contributed by atoms with Crippen LogP contribution in [0, 0.1) is 0 Å². The molecule has 1 saturated heterocycles. The predicted molar refractivity (Wildman–Crippen MR) is 84.1 cm³/mol. The molecule has 0 aromatic carbocycles. The first-order valence-electron chi connectivity index (χ1n) is 7.66. The lowest BCUT2D eigenvalue weighted by atomic mass is 9.84. The number of carbonyl (C=O) groups excluding carboxylic acids is 1. The van der Waals surface area contributed by atoms with Gasteiger partial charge in [-0.3, -0.25) is 9.59 Å². The van der Waals surface area contributed by atoms with E-state index in [1.807, 2.05) is 6.92 Å². The second kappa shape index (κ2) is 11.4. The Labute approximate surface area is 131 Å². The zero-order chi connectivity index (χ0) is 17.1. The van der Waals surface area contributed by atoms with Gasteiger partial charge in [-0.05, 0) is 32.6 Å². The van der Waals surface area contributed by atoms with Crippen LogP contribution in [0.1, 0.15) is 39.5 Å². The summed E-state index contributed by atoms with van der Waals surface area (Å²) in [7, 11) is -1.10. The van der Waals surface area contributed by atoms with Crippen molar-refractivity contribution in [3.8, 4) is 0 Å². The van der Waals surface area contributed by atoms with E-state index in [-0.39, 0.29) is 11.9 Å². The first kappa shape index (κ1) is 20.8. The molecule has 0 spiro atoms. The van der Waals surface area contributed by atoms with Gasteiger partial charge in [0.05, 0.1) is 6.04 Å². The molecule has 22 heavy (non-hydrogen) atoms. The summed E-state index contributed by atoms with van der Waals surface area (Å²) in [6.45, 7) is 4.22. The fourth-order valence-electron chi connectivity index (χ4n) is 1.96. The van der Waals surface area contributed by atoms with Crippen LogP contribution >= 0.6 is 0 Å². The molecule has 128 valence electrons. The van der Waals surface area contributed by atoms with Gasteiger partial charge >= 0.3 is 13.1 Å². The standard InChI is InChI=1S/C9H17N3O3.C4H11BO2/c1-5(10)8(13)12-6-2-3-11-7(4-6)9(14)15;1-2-3-4-5(6)7/h5-7,11H,2-4,10H2,1H3,(H,12,13)(H,14,15);6-7H,2-4H2,1H3/t5-,6-,7+;/m0./s1. The first-order valence-corrected chi connectivity index (χ1v) is 7.66. The number of hydrogen-bond acceptors (Lipinski definition) is 6. The van der Waals surface area contributed by atoms with E-state index >= 15 is 0 Å². The first-order chi connectivity index (χ1) is 10.3. The molecule has 8 nitrogen and oxygen atoms in total. The molecule has 0 saturated carbocycles. The van der Waals surface area contributed by atoms with Crippen molar-refractivity contribution in [1.82, 2.24) is 10.6 Å². The van der Waals surface area contributed by atoms with Crippen molar-refractivity contribution < 1.29 is 24.7 Å². The van der Waals surface area contributed by atoms with Crippen LogP contribution in [-0.2, 0) is 9.59 Å². The lowest BCUT2D eigenvalue weighted by molar-refractivity contribution is -0.140. The van der Waals surface area contributed by atoms with E-state index in [1.54, 1.807) is 6.92 Å². The lowest BCUT2D eigenvalue weighted by Crippen LogP contribution is -2.53. The Kier molecular flexibility index (Phi) is 10.8. The number of aliphatic carboxylic acids is 1. The van der Waals surface area contributed by atoms with E-state index in [2.05, 4.69) is 10.6 Å². The maximum Gasteiger partial charge on any atom is 0.451 e. The van der Waals surface area contributed by atoms with E-state index in [4.69, 9.17) is 20.9 Å². The summed E-state index contributed by atoms with van der Waals surface area (Å²) in [6, 6.07) is -1.22. The Balaban J connectivity index is 0.000000534. The lowest BCUT2D eigenvalue weighted by Gasteiger charge is -2.28. The third-order valence-electron chi connectivity index (χ3n) is 3.28. The Morgan fingerprint density at radius 2 is 2.09 bits per heavy atom. The minimum atomic E-state index is -1.10. The third-order valence-corrected chi connectivity index (χ3v) is 3.28. The van der Waals surface area contributed by atoms with Crippen LogP contribution in [0.15, 0.2) is 0 Å². The van der Waals surface area contributed by atoms with Gasteiger partial charge in [-0.2, -0.15) is 0 Å². The molecule has 0 bridgehead atoms. The van der Waals surface area contributed by atoms with Crippen LogP contribution in [0.2, 0.25) is 6.32 Å². The summed E-state index contributed by atoms with van der Waals surface area (Å²) in [4.78, 5) is 22.0. The number of carbonyl (C=O) groups is 2. The summed E-state index contributed by atoms with van der Waals surface area (Å²) in [5.74, 6) is -1.11. The monoisotopic (exact) mass is 317 g/mol. The van der Waals surface area contributed by atoms with Crippen molar-refractivity contribution in [1.29, 1.82) is 0 Å². The number of nitrogens with one attached hydrogen (secondary N) is 2. The highest BCUT2D eigenvalue weighted by atomic mass is 16.4. The minimum Gasteiger partial charge on any atom is -0.480 e. The van der Waals surface area contributed by atoms with Crippen LogP contribution in [0.4, 0.5) is 0 Å². The number of piperidine rings is 1. The summed E-state index contributed by atoms with van der Waals surface area (Å²) in [5.41, 5.74) is 5.40. The molecule has 1 amide bonds. The molecule has 0 aromatic rings. The maximum absolute atomic E-state index is 11.3. The molecule has 0 aromatic heterocycles. The fraction of sp³-hybridized carbons (Fsp3) is 0.846. The number of nitrogens with two attached hydrogens (primary N) is 1. The second-order valence-electron chi connectivity index (χ2n) is 5.49. The Hall–Kier alpha value is -1.16. The average Bonchev–Trinajstić information content (AvgIpc) is 2.45. The Morgan fingerprint density at radius 3 is 2.50 bits per heavy atom. The van der Waals surface area contributed by atoms with E-state index in [0.29, 0.717) is 19.3 Å². The molecule has 0 aliphatic carbocycles. The Morgan fingerprint density at radius 1 is 1.45 bits per heavy atom. The largest absolute Gasteiger partial charge is 0.480 e. The van der Waals surface area contributed by atoms with E-state index in [0.717, 1.165) is 19.3 Å². The van der Waals surface area contributed by atoms with E-state index < -0.39 is 25.2 Å². The van der Waals surface area contributed by atoms with Gasteiger partial charge in [0.1, 0.15) is 6.04 Å². The molecule has 1 fully saturated rings. The average molecular weight is 317 g/mol. The van der Waals surface area contributed by atoms with Crippen molar-refractivity contribution >= 4 is 19.0 Å². The van der Waals surface area contributed by atoms with Crippen LogP contribution in [0.3, 0.4) is 0 Å². The zero-order valence-electron chi connectivity index (χ0n) is 13.3. The fourth-order valence-corrected chi connectivity index (χ4v) is 1.96. The summed E-state index contributed by atoms with van der Waals surface area (Å²) in [5, 5.41) is 30.9. The van der Waals surface area contributed by atoms with Crippen molar-refractivity contribution in [2.75, 3.05) is 6.54 Å². The minimum absolute atomic E-state index is 0.0918. The molecule has 3 atom stereocenters.